The lowest BCUT2D eigenvalue weighted by Crippen LogP contribution is -2.37. The summed E-state index contributed by atoms with van der Waals surface area (Å²) in [7, 11) is 0. The quantitative estimate of drug-likeness (QED) is 0.188. The maximum Gasteiger partial charge on any atom is 0.330 e. The first kappa shape index (κ1) is 26.4. The smallest absolute Gasteiger partial charge is 0.330 e. The minimum Gasteiger partial charge on any atom is -0.502 e. The first-order valence-corrected chi connectivity index (χ1v) is 10.1. The van der Waals surface area contributed by atoms with E-state index in [1.807, 2.05) is 9.97 Å². The number of H-pyrrole nitrogens is 2. The van der Waals surface area contributed by atoms with Crippen molar-refractivity contribution in [3.8, 4) is 5.75 Å². The molecular formula is C18H24N4O13. The molecule has 0 spiro atoms. The van der Waals surface area contributed by atoms with Crippen molar-refractivity contribution in [3.05, 3.63) is 60.1 Å². The lowest BCUT2D eigenvalue weighted by atomic mass is 10.1. The zero-order valence-corrected chi connectivity index (χ0v) is 17.7. The summed E-state index contributed by atoms with van der Waals surface area (Å²) in [5, 5.41) is 65.4. The largest absolute Gasteiger partial charge is 0.502 e. The van der Waals surface area contributed by atoms with Crippen molar-refractivity contribution in [1.29, 1.82) is 0 Å². The number of ether oxygens (including phenoxy) is 2. The van der Waals surface area contributed by atoms with E-state index >= 15 is 0 Å². The molecule has 2 saturated heterocycles. The Morgan fingerprint density at radius 2 is 1.26 bits per heavy atom. The summed E-state index contributed by atoms with van der Waals surface area (Å²) in [5.74, 6) is -0.729. The van der Waals surface area contributed by atoms with E-state index in [1.165, 1.54) is 0 Å². The van der Waals surface area contributed by atoms with Gasteiger partial charge in [-0.25, -0.2) is 9.59 Å². The highest BCUT2D eigenvalue weighted by Crippen LogP contribution is 2.28. The zero-order valence-electron chi connectivity index (χ0n) is 17.7. The molecule has 4 heterocycles. The number of aromatic hydroxyl groups is 1. The molecule has 0 bridgehead atoms. The number of aliphatic hydroxyl groups is 6. The molecule has 0 unspecified atom stereocenters. The van der Waals surface area contributed by atoms with Gasteiger partial charge in [0.05, 0.1) is 19.4 Å². The second-order valence-corrected chi connectivity index (χ2v) is 7.66. The van der Waals surface area contributed by atoms with Gasteiger partial charge in [-0.2, -0.15) is 0 Å². The summed E-state index contributed by atoms with van der Waals surface area (Å²) < 4.78 is 11.9. The van der Waals surface area contributed by atoms with E-state index in [1.54, 1.807) is 0 Å². The van der Waals surface area contributed by atoms with E-state index in [9.17, 15) is 44.7 Å². The van der Waals surface area contributed by atoms with Crippen LogP contribution < -0.4 is 22.5 Å². The van der Waals surface area contributed by atoms with Gasteiger partial charge in [0.1, 0.15) is 36.6 Å². The average Bonchev–Trinajstić information content (AvgIpc) is 3.26. The van der Waals surface area contributed by atoms with Crippen LogP contribution in [0.15, 0.2) is 37.6 Å². The maximum absolute atomic E-state index is 11.5. The SMILES string of the molecule is O=c1[nH]c(=O)n([C@@H]2O[C@H](CO)[C@@H](O)[C@H]2O)cc1O.O=c1ccn([C@@H]2O[C@H](CO)[C@@H](O)[C@H]2O)c(=O)[nH]1. The highest BCUT2D eigenvalue weighted by molar-refractivity contribution is 5.10. The van der Waals surface area contributed by atoms with Crippen molar-refractivity contribution in [1.82, 2.24) is 19.1 Å². The van der Waals surface area contributed by atoms with Crippen molar-refractivity contribution in [2.45, 2.75) is 49.1 Å². The third-order valence-corrected chi connectivity index (χ3v) is 5.38. The van der Waals surface area contributed by atoms with Crippen molar-refractivity contribution in [2.75, 3.05) is 13.2 Å². The number of aliphatic hydroxyl groups excluding tert-OH is 6. The van der Waals surface area contributed by atoms with E-state index in [0.717, 1.165) is 27.6 Å². The highest BCUT2D eigenvalue weighted by atomic mass is 16.6. The van der Waals surface area contributed by atoms with Crippen LogP contribution in [0.4, 0.5) is 0 Å². The molecule has 2 aliphatic heterocycles. The van der Waals surface area contributed by atoms with Gasteiger partial charge in [-0.1, -0.05) is 0 Å². The normalized spacial score (nSPS) is 32.3. The molecule has 0 radical (unpaired) electrons. The Hall–Kier alpha value is -3.16. The van der Waals surface area contributed by atoms with Crippen molar-refractivity contribution in [2.24, 2.45) is 0 Å². The van der Waals surface area contributed by atoms with Gasteiger partial charge in [-0.05, 0) is 0 Å². The highest BCUT2D eigenvalue weighted by Gasteiger charge is 2.44. The molecule has 0 aromatic carbocycles. The summed E-state index contributed by atoms with van der Waals surface area (Å²) in [6, 6.07) is 1.09. The zero-order chi connectivity index (χ0) is 26.0. The van der Waals surface area contributed by atoms with Gasteiger partial charge >= 0.3 is 11.4 Å². The second kappa shape index (κ2) is 10.6. The summed E-state index contributed by atoms with van der Waals surface area (Å²) in [5.41, 5.74) is -3.21. The summed E-state index contributed by atoms with van der Waals surface area (Å²) in [4.78, 5) is 48.6. The lowest BCUT2D eigenvalue weighted by Gasteiger charge is -2.16. The Morgan fingerprint density at radius 1 is 0.771 bits per heavy atom. The van der Waals surface area contributed by atoms with Gasteiger partial charge in [-0.3, -0.25) is 28.7 Å². The number of nitrogens with zero attached hydrogens (tertiary/aromatic N) is 2. The predicted octanol–water partition coefficient (Wildman–Crippen LogP) is -6.00. The monoisotopic (exact) mass is 504 g/mol. The standard InChI is InChI=1S/C9H12N2O7.C9H12N2O6/c12-2-4-5(14)6(15)8(18-4)11-1-3(13)7(16)10-9(11)17;12-3-4-6(14)7(15)8(17-4)11-2-1-5(13)10-9(11)16/h1,4-6,8,12-15H,2H2,(H,10,16,17);1-2,4,6-8,12,14-15H,3H2,(H,10,13,16)/t4-,5-,6-,8-;4-,6-,7-,8-/m11/s1. The maximum atomic E-state index is 11.5. The molecule has 2 aromatic rings. The van der Waals surface area contributed by atoms with E-state index in [2.05, 4.69) is 0 Å². The van der Waals surface area contributed by atoms with Crippen molar-refractivity contribution >= 4 is 0 Å². The van der Waals surface area contributed by atoms with Gasteiger partial charge in [-0.15, -0.1) is 0 Å². The van der Waals surface area contributed by atoms with Crippen LogP contribution in [0.2, 0.25) is 0 Å². The molecule has 35 heavy (non-hydrogen) atoms. The number of nitrogens with one attached hydrogen (secondary N) is 2. The molecule has 8 atom stereocenters. The van der Waals surface area contributed by atoms with Gasteiger partial charge in [0.2, 0.25) is 0 Å². The van der Waals surface area contributed by atoms with E-state index in [0.29, 0.717) is 0 Å². The molecule has 17 nitrogen and oxygen atoms in total. The topological polar surface area (TPSA) is 270 Å². The molecule has 0 saturated carbocycles. The van der Waals surface area contributed by atoms with Crippen molar-refractivity contribution < 1.29 is 45.2 Å². The van der Waals surface area contributed by atoms with Crippen LogP contribution in [0.3, 0.4) is 0 Å². The Morgan fingerprint density at radius 3 is 1.71 bits per heavy atom. The Bertz CT molecular complexity index is 1250. The summed E-state index contributed by atoms with van der Waals surface area (Å²) >= 11 is 0. The molecule has 2 aliphatic rings. The minimum absolute atomic E-state index is 0.479. The molecule has 2 aromatic heterocycles. The number of hydrogen-bond acceptors (Lipinski definition) is 13. The number of hydrogen-bond donors (Lipinski definition) is 9. The van der Waals surface area contributed by atoms with Crippen LogP contribution in [-0.4, -0.2) is 105 Å². The Kier molecular flexibility index (Phi) is 8.03. The molecule has 0 amide bonds. The fourth-order valence-corrected chi connectivity index (χ4v) is 3.51. The molecule has 17 heteroatoms. The van der Waals surface area contributed by atoms with Gasteiger partial charge in [0, 0.05) is 12.3 Å². The molecule has 2 fully saturated rings. The summed E-state index contributed by atoms with van der Waals surface area (Å²) in [6.45, 7) is -1.02. The van der Waals surface area contributed by atoms with Crippen LogP contribution in [0.25, 0.3) is 0 Å². The van der Waals surface area contributed by atoms with Gasteiger partial charge in [0.25, 0.3) is 11.1 Å². The van der Waals surface area contributed by atoms with Crippen LogP contribution in [0.5, 0.6) is 5.75 Å². The third-order valence-electron chi connectivity index (χ3n) is 5.38. The van der Waals surface area contributed by atoms with E-state index < -0.39 is 90.5 Å². The Balaban J connectivity index is 0.000000196. The average molecular weight is 504 g/mol. The van der Waals surface area contributed by atoms with Crippen LogP contribution >= 0.6 is 0 Å². The van der Waals surface area contributed by atoms with Crippen LogP contribution in [0, 0.1) is 0 Å². The molecule has 194 valence electrons. The van der Waals surface area contributed by atoms with E-state index in [4.69, 9.17) is 19.7 Å². The summed E-state index contributed by atoms with van der Waals surface area (Å²) in [6.07, 6.45) is -7.98. The molecule has 0 aliphatic carbocycles. The molecule has 9 N–H and O–H groups in total. The fraction of sp³-hybridized carbons (Fsp3) is 0.556. The fourth-order valence-electron chi connectivity index (χ4n) is 3.51. The molecular weight excluding hydrogens is 480 g/mol. The first-order valence-electron chi connectivity index (χ1n) is 10.1. The van der Waals surface area contributed by atoms with Gasteiger partial charge < -0.3 is 45.2 Å². The Labute approximate surface area is 193 Å². The predicted molar refractivity (Wildman–Crippen MR) is 110 cm³/mol. The number of rotatable bonds is 4. The third kappa shape index (κ3) is 5.26. The van der Waals surface area contributed by atoms with Gasteiger partial charge in [0.15, 0.2) is 18.2 Å². The number of aromatic nitrogens is 4. The van der Waals surface area contributed by atoms with Crippen LogP contribution in [0.1, 0.15) is 12.5 Å². The van der Waals surface area contributed by atoms with Crippen molar-refractivity contribution in [3.63, 3.8) is 0 Å². The van der Waals surface area contributed by atoms with Crippen LogP contribution in [-0.2, 0) is 9.47 Å². The number of aromatic amines is 2. The van der Waals surface area contributed by atoms with E-state index in [-0.39, 0.29) is 0 Å². The molecule has 4 rings (SSSR count). The second-order valence-electron chi connectivity index (χ2n) is 7.66. The lowest BCUT2D eigenvalue weighted by molar-refractivity contribution is -0.0552. The first-order chi connectivity index (χ1) is 16.5. The minimum atomic E-state index is -1.47.